The van der Waals surface area contributed by atoms with Crippen molar-refractivity contribution in [1.82, 2.24) is 34.3 Å². The number of aryl methyl sites for hydroxylation is 1. The summed E-state index contributed by atoms with van der Waals surface area (Å²) in [7, 11) is -2.06. The standard InChI is InChI=1S/C35H46F3N11O4S/c1-22(17-40-20-30(23(2)39)54(52,53)48-13-8-27(9-14-48)43-33-41-18-26(19-42-33)35(36,37)38)21-47-11-6-24(7-12-47)25-4-5-28-29(16-25)46(3)45-32(28)49-15-10-31(50)44-34(49)51/h4-5,16,18-20,22,24,27,39-40H,6-15,17,21H2,1-3H3,(H,41,42,43)(H,44,50,51)/p+1/b30-20+,39-23?. The zero-order valence-corrected chi connectivity index (χ0v) is 31.4. The molecule has 1 unspecified atom stereocenters. The van der Waals surface area contributed by atoms with Crippen LogP contribution in [0.2, 0.25) is 0 Å². The summed E-state index contributed by atoms with van der Waals surface area (Å²) in [6.45, 7) is 7.62. The fourth-order valence-electron chi connectivity index (χ4n) is 7.36. The van der Waals surface area contributed by atoms with E-state index >= 15 is 0 Å². The third-order valence-corrected chi connectivity index (χ3v) is 12.4. The lowest BCUT2D eigenvalue weighted by atomic mass is 9.88. The van der Waals surface area contributed by atoms with Crippen LogP contribution in [-0.4, -0.2) is 107 Å². The van der Waals surface area contributed by atoms with Gasteiger partial charge in [0.1, 0.15) is 6.20 Å². The number of hydrogen-bond donors (Lipinski definition) is 4. The predicted molar refractivity (Wildman–Crippen MR) is 196 cm³/mol. The summed E-state index contributed by atoms with van der Waals surface area (Å²) in [5.74, 6) is 0.956. The third kappa shape index (κ3) is 8.90. The highest BCUT2D eigenvalue weighted by molar-refractivity contribution is 7.94. The molecule has 0 aliphatic carbocycles. The summed E-state index contributed by atoms with van der Waals surface area (Å²) in [4.78, 5) is 35.5. The largest absolute Gasteiger partial charge is 0.419 e. The van der Waals surface area contributed by atoms with Gasteiger partial charge in [-0.15, -0.1) is 0 Å². The Morgan fingerprint density at radius 3 is 2.41 bits per heavy atom. The Kier molecular flexibility index (Phi) is 11.7. The normalized spacial score (nSPS) is 19.7. The first-order valence-corrected chi connectivity index (χ1v) is 19.6. The minimum atomic E-state index is -4.53. The van der Waals surface area contributed by atoms with Gasteiger partial charge in [-0.3, -0.25) is 19.7 Å². The van der Waals surface area contributed by atoms with Gasteiger partial charge in [0.15, 0.2) is 10.7 Å². The van der Waals surface area contributed by atoms with Gasteiger partial charge < -0.3 is 20.9 Å². The smallest absolute Gasteiger partial charge is 0.351 e. The van der Waals surface area contributed by atoms with Crippen LogP contribution >= 0.6 is 0 Å². The molecule has 0 spiro atoms. The van der Waals surface area contributed by atoms with E-state index in [1.807, 2.05) is 18.4 Å². The van der Waals surface area contributed by atoms with Crippen LogP contribution in [0, 0.1) is 11.3 Å². The van der Waals surface area contributed by atoms with Crippen molar-refractivity contribution in [3.8, 4) is 0 Å². The topological polar surface area (TPSA) is 186 Å². The number of urea groups is 1. The van der Waals surface area contributed by atoms with E-state index < -0.39 is 27.8 Å². The van der Waals surface area contributed by atoms with Gasteiger partial charge in [-0.1, -0.05) is 13.0 Å². The van der Waals surface area contributed by atoms with Gasteiger partial charge in [0, 0.05) is 69.4 Å². The molecule has 1 atom stereocenters. The maximum atomic E-state index is 13.6. The number of nitrogens with two attached hydrogens (primary N) is 1. The van der Waals surface area contributed by atoms with E-state index in [0.29, 0.717) is 50.1 Å². The molecule has 5 N–H and O–H groups in total. The van der Waals surface area contributed by atoms with Crippen molar-refractivity contribution >= 4 is 50.3 Å². The van der Waals surface area contributed by atoms with Crippen molar-refractivity contribution in [3.05, 3.63) is 52.8 Å². The summed E-state index contributed by atoms with van der Waals surface area (Å²) < 4.78 is 68.7. The molecule has 3 saturated heterocycles. The first-order valence-electron chi connectivity index (χ1n) is 18.2. The second-order valence-electron chi connectivity index (χ2n) is 14.4. The van der Waals surface area contributed by atoms with E-state index in [0.717, 1.165) is 43.4 Å². The molecular formula is C35H47F3N11O4S+. The molecule has 3 aromatic rings. The van der Waals surface area contributed by atoms with E-state index in [1.54, 1.807) is 4.68 Å². The van der Waals surface area contributed by atoms with Gasteiger partial charge in [-0.2, -0.15) is 22.6 Å². The SMILES string of the molecule is CC(=N)/C(=C\[NH2+]CC(C)CN1CCC(c2ccc3c(N4CCC(=O)NC4=O)nn(C)c3c2)CC1)S(=O)(=O)N1CCC(Nc2ncc(C(F)(F)F)cn2)CC1. The molecule has 15 nitrogen and oxygen atoms in total. The summed E-state index contributed by atoms with van der Waals surface area (Å²) in [6.07, 6.45) is 1.47. The number of likely N-dealkylation sites (tertiary alicyclic amines) is 1. The number of nitrogens with one attached hydrogen (secondary N) is 3. The molecule has 3 aliphatic heterocycles. The van der Waals surface area contributed by atoms with Gasteiger partial charge in [-0.05, 0) is 69.3 Å². The maximum Gasteiger partial charge on any atom is 0.419 e. The number of halogens is 3. The summed E-state index contributed by atoms with van der Waals surface area (Å²) in [6, 6.07) is 5.61. The average Bonchev–Trinajstić information content (AvgIpc) is 3.45. The summed E-state index contributed by atoms with van der Waals surface area (Å²) >= 11 is 0. The number of anilines is 2. The van der Waals surface area contributed by atoms with E-state index in [9.17, 15) is 31.2 Å². The predicted octanol–water partition coefficient (Wildman–Crippen LogP) is 2.99. The Morgan fingerprint density at radius 2 is 1.78 bits per heavy atom. The fraction of sp³-hybridized carbons (Fsp3) is 0.543. The van der Waals surface area contributed by atoms with Gasteiger partial charge >= 0.3 is 12.2 Å². The molecule has 5 heterocycles. The van der Waals surface area contributed by atoms with Crippen molar-refractivity contribution in [2.24, 2.45) is 13.0 Å². The molecular weight excluding hydrogens is 728 g/mol. The monoisotopic (exact) mass is 774 g/mol. The lowest BCUT2D eigenvalue weighted by Crippen LogP contribution is -2.80. The van der Waals surface area contributed by atoms with E-state index in [-0.39, 0.29) is 53.9 Å². The first kappa shape index (κ1) is 39.2. The Labute approximate surface area is 311 Å². The zero-order chi connectivity index (χ0) is 38.8. The quantitative estimate of drug-likeness (QED) is 0.201. The third-order valence-electron chi connectivity index (χ3n) is 10.4. The number of aromatic nitrogens is 4. The highest BCUT2D eigenvalue weighted by atomic mass is 32.2. The molecule has 19 heteroatoms. The van der Waals surface area contributed by atoms with Crippen LogP contribution in [0.5, 0.6) is 0 Å². The molecule has 0 radical (unpaired) electrons. The number of carbonyl (C=O) groups is 2. The number of rotatable bonds is 12. The second-order valence-corrected chi connectivity index (χ2v) is 16.3. The molecule has 2 aromatic heterocycles. The Morgan fingerprint density at radius 1 is 1.09 bits per heavy atom. The van der Waals surface area contributed by atoms with Gasteiger partial charge in [0.2, 0.25) is 21.9 Å². The number of imide groups is 1. The van der Waals surface area contributed by atoms with Crippen LogP contribution in [0.1, 0.15) is 63.0 Å². The number of nitrogens with zero attached hydrogens (tertiary/aromatic N) is 7. The van der Waals surface area contributed by atoms with Gasteiger partial charge in [0.25, 0.3) is 0 Å². The lowest BCUT2D eigenvalue weighted by Gasteiger charge is -2.33. The highest BCUT2D eigenvalue weighted by Gasteiger charge is 2.35. The molecule has 3 amide bonds. The van der Waals surface area contributed by atoms with E-state index in [2.05, 4.69) is 49.7 Å². The number of alkyl halides is 3. The van der Waals surface area contributed by atoms with Gasteiger partial charge in [-0.25, -0.2) is 23.2 Å². The summed E-state index contributed by atoms with van der Waals surface area (Å²) in [5, 5.41) is 20.9. The molecule has 54 heavy (non-hydrogen) atoms. The van der Waals surface area contributed by atoms with Crippen LogP contribution < -0.4 is 20.9 Å². The van der Waals surface area contributed by atoms with Crippen LogP contribution in [0.25, 0.3) is 10.9 Å². The van der Waals surface area contributed by atoms with Crippen LogP contribution in [-0.2, 0) is 28.0 Å². The van der Waals surface area contributed by atoms with Crippen molar-refractivity contribution in [3.63, 3.8) is 0 Å². The number of allylic oxidation sites excluding steroid dienone is 1. The number of benzene rings is 1. The van der Waals surface area contributed by atoms with Gasteiger partial charge in [0.05, 0.1) is 23.3 Å². The van der Waals surface area contributed by atoms with Crippen LogP contribution in [0.3, 0.4) is 0 Å². The molecule has 0 bridgehead atoms. The summed E-state index contributed by atoms with van der Waals surface area (Å²) in [5.41, 5.74) is 1.17. The minimum Gasteiger partial charge on any atom is -0.351 e. The number of amides is 3. The molecule has 1 aromatic carbocycles. The zero-order valence-electron chi connectivity index (χ0n) is 30.6. The lowest BCUT2D eigenvalue weighted by molar-refractivity contribution is -0.594. The fourth-order valence-corrected chi connectivity index (χ4v) is 8.99. The molecule has 6 rings (SSSR count). The number of sulfonamides is 1. The van der Waals surface area contributed by atoms with Crippen LogP contribution in [0.4, 0.5) is 29.7 Å². The highest BCUT2D eigenvalue weighted by Crippen LogP contribution is 2.34. The number of hydrogen-bond acceptors (Lipinski definition) is 10. The number of carbonyl (C=O) groups excluding carboxylic acids is 2. The van der Waals surface area contributed by atoms with Crippen molar-refractivity contribution < 1.29 is 36.5 Å². The Bertz CT molecular complexity index is 2000. The van der Waals surface area contributed by atoms with Crippen LogP contribution in [0.15, 0.2) is 41.7 Å². The number of fused-ring (bicyclic) bond motifs is 1. The molecule has 3 aliphatic rings. The minimum absolute atomic E-state index is 0.0418. The second kappa shape index (κ2) is 16.1. The average molecular weight is 775 g/mol. The van der Waals surface area contributed by atoms with Crippen molar-refractivity contribution in [2.75, 3.05) is 56.0 Å². The van der Waals surface area contributed by atoms with Crippen molar-refractivity contribution in [2.45, 2.75) is 64.1 Å². The Balaban J connectivity index is 0.966. The molecule has 292 valence electrons. The molecule has 3 fully saturated rings. The first-order chi connectivity index (χ1) is 25.6. The number of piperidine rings is 2. The van der Waals surface area contributed by atoms with Crippen molar-refractivity contribution in [1.29, 1.82) is 5.41 Å². The maximum absolute atomic E-state index is 13.6. The number of quaternary nitrogens is 1. The van der Waals surface area contributed by atoms with E-state index in [4.69, 9.17) is 5.41 Å². The Hall–Kier alpha value is -4.46. The van der Waals surface area contributed by atoms with E-state index in [1.165, 1.54) is 27.9 Å². The molecule has 0 saturated carbocycles.